The highest BCUT2D eigenvalue weighted by molar-refractivity contribution is 4.66. The summed E-state index contributed by atoms with van der Waals surface area (Å²) in [6.07, 6.45) is 2.85. The van der Waals surface area contributed by atoms with Gasteiger partial charge in [-0.2, -0.15) is 0 Å². The number of rotatable bonds is 9. The lowest BCUT2D eigenvalue weighted by molar-refractivity contribution is 0.160. The van der Waals surface area contributed by atoms with Crippen LogP contribution in [0.5, 0.6) is 0 Å². The summed E-state index contributed by atoms with van der Waals surface area (Å²) >= 11 is 0. The van der Waals surface area contributed by atoms with E-state index in [0.29, 0.717) is 12.6 Å². The van der Waals surface area contributed by atoms with Crippen molar-refractivity contribution in [3.63, 3.8) is 0 Å². The van der Waals surface area contributed by atoms with E-state index in [2.05, 4.69) is 5.32 Å². The molecule has 13 heavy (non-hydrogen) atoms. The van der Waals surface area contributed by atoms with Gasteiger partial charge < -0.3 is 20.9 Å². The summed E-state index contributed by atoms with van der Waals surface area (Å²) in [5.74, 6) is 0. The molecule has 1 atom stereocenters. The van der Waals surface area contributed by atoms with Gasteiger partial charge in [-0.15, -0.1) is 0 Å². The third-order valence-corrected chi connectivity index (χ3v) is 1.89. The molecule has 0 spiro atoms. The fourth-order valence-corrected chi connectivity index (χ4v) is 1.19. The summed E-state index contributed by atoms with van der Waals surface area (Å²) in [5.41, 5.74) is 5.42. The molecule has 0 saturated heterocycles. The third kappa shape index (κ3) is 8.18. The second kappa shape index (κ2) is 9.92. The molecule has 0 aliphatic rings. The third-order valence-electron chi connectivity index (χ3n) is 1.89. The fourth-order valence-electron chi connectivity index (χ4n) is 1.19. The molecular formula is C9H22N2O2. The zero-order valence-corrected chi connectivity index (χ0v) is 8.46. The van der Waals surface area contributed by atoms with Gasteiger partial charge in [-0.25, -0.2) is 0 Å². The molecule has 0 aliphatic carbocycles. The average molecular weight is 190 g/mol. The second-order valence-electron chi connectivity index (χ2n) is 3.11. The van der Waals surface area contributed by atoms with E-state index in [4.69, 9.17) is 15.6 Å². The van der Waals surface area contributed by atoms with E-state index in [1.807, 2.05) is 0 Å². The Kier molecular flexibility index (Phi) is 9.80. The number of hydrogen-bond acceptors (Lipinski definition) is 4. The number of aliphatic hydroxyl groups excluding tert-OH is 1. The monoisotopic (exact) mass is 190 g/mol. The van der Waals surface area contributed by atoms with Crippen molar-refractivity contribution in [2.24, 2.45) is 5.73 Å². The van der Waals surface area contributed by atoms with Crippen molar-refractivity contribution in [1.82, 2.24) is 5.32 Å². The number of hydrogen-bond donors (Lipinski definition) is 3. The lowest BCUT2D eigenvalue weighted by Gasteiger charge is -2.16. The number of nitrogens with two attached hydrogens (primary N) is 1. The first-order valence-corrected chi connectivity index (χ1v) is 4.88. The van der Waals surface area contributed by atoms with Crippen LogP contribution in [-0.4, -0.2) is 44.6 Å². The van der Waals surface area contributed by atoms with Crippen molar-refractivity contribution in [1.29, 1.82) is 0 Å². The van der Waals surface area contributed by atoms with E-state index >= 15 is 0 Å². The van der Waals surface area contributed by atoms with Gasteiger partial charge in [-0.3, -0.25) is 0 Å². The highest BCUT2D eigenvalue weighted by atomic mass is 16.5. The highest BCUT2D eigenvalue weighted by Gasteiger charge is 2.05. The predicted octanol–water partition coefficient (Wildman–Crippen LogP) is -0.288. The minimum atomic E-state index is 0.240. The number of aliphatic hydroxyl groups is 1. The van der Waals surface area contributed by atoms with Crippen LogP contribution in [-0.2, 0) is 4.74 Å². The molecule has 0 aromatic carbocycles. The SMILES string of the molecule is COCC(CCCN)NCCCO. The Bertz CT molecular complexity index is 102. The van der Waals surface area contributed by atoms with Gasteiger partial charge in [0.25, 0.3) is 0 Å². The van der Waals surface area contributed by atoms with Gasteiger partial charge in [-0.05, 0) is 32.4 Å². The van der Waals surface area contributed by atoms with Gasteiger partial charge in [0.05, 0.1) is 6.61 Å². The molecule has 0 bridgehead atoms. The first kappa shape index (κ1) is 12.8. The average Bonchev–Trinajstić information content (AvgIpc) is 2.14. The van der Waals surface area contributed by atoms with Gasteiger partial charge in [0, 0.05) is 19.8 Å². The maximum Gasteiger partial charge on any atom is 0.0615 e. The highest BCUT2D eigenvalue weighted by Crippen LogP contribution is 1.96. The Balaban J connectivity index is 3.41. The summed E-state index contributed by atoms with van der Waals surface area (Å²) in [5, 5.41) is 11.9. The maximum atomic E-state index is 8.59. The predicted molar refractivity (Wildman–Crippen MR) is 53.7 cm³/mol. The smallest absolute Gasteiger partial charge is 0.0615 e. The van der Waals surface area contributed by atoms with Gasteiger partial charge in [0.2, 0.25) is 0 Å². The molecule has 1 unspecified atom stereocenters. The molecule has 4 N–H and O–H groups in total. The van der Waals surface area contributed by atoms with Crippen molar-refractivity contribution in [3.05, 3.63) is 0 Å². The molecule has 4 heteroatoms. The van der Waals surface area contributed by atoms with Crippen LogP contribution in [0.2, 0.25) is 0 Å². The second-order valence-corrected chi connectivity index (χ2v) is 3.11. The Morgan fingerprint density at radius 1 is 1.46 bits per heavy atom. The first-order chi connectivity index (χ1) is 6.35. The molecule has 0 heterocycles. The lowest BCUT2D eigenvalue weighted by atomic mass is 10.1. The van der Waals surface area contributed by atoms with Gasteiger partial charge in [0.15, 0.2) is 0 Å². The van der Waals surface area contributed by atoms with E-state index < -0.39 is 0 Å². The van der Waals surface area contributed by atoms with Crippen LogP contribution in [0.1, 0.15) is 19.3 Å². The maximum absolute atomic E-state index is 8.59. The van der Waals surface area contributed by atoms with Gasteiger partial charge >= 0.3 is 0 Å². The van der Waals surface area contributed by atoms with Crippen LogP contribution < -0.4 is 11.1 Å². The molecule has 0 aromatic heterocycles. The summed E-state index contributed by atoms with van der Waals surface area (Å²) < 4.78 is 5.07. The molecule has 0 saturated carbocycles. The standard InChI is InChI=1S/C9H22N2O2/c1-13-8-9(4-2-5-10)11-6-3-7-12/h9,11-12H,2-8,10H2,1H3. The van der Waals surface area contributed by atoms with Crippen molar-refractivity contribution in [3.8, 4) is 0 Å². The largest absolute Gasteiger partial charge is 0.396 e. The van der Waals surface area contributed by atoms with Gasteiger partial charge in [-0.1, -0.05) is 0 Å². The van der Waals surface area contributed by atoms with Crippen molar-refractivity contribution >= 4 is 0 Å². The Labute approximate surface area is 80.5 Å². The molecule has 0 radical (unpaired) electrons. The molecule has 0 amide bonds. The van der Waals surface area contributed by atoms with Crippen molar-refractivity contribution in [2.75, 3.05) is 33.4 Å². The molecule has 80 valence electrons. The van der Waals surface area contributed by atoms with E-state index in [1.54, 1.807) is 7.11 Å². The zero-order chi connectivity index (χ0) is 9.94. The molecule has 0 aliphatic heterocycles. The minimum Gasteiger partial charge on any atom is -0.396 e. The van der Waals surface area contributed by atoms with E-state index in [-0.39, 0.29) is 6.61 Å². The minimum absolute atomic E-state index is 0.240. The normalized spacial score (nSPS) is 13.2. The van der Waals surface area contributed by atoms with Crippen molar-refractivity contribution in [2.45, 2.75) is 25.3 Å². The zero-order valence-electron chi connectivity index (χ0n) is 8.46. The first-order valence-electron chi connectivity index (χ1n) is 4.88. The van der Waals surface area contributed by atoms with Crippen LogP contribution in [0.4, 0.5) is 0 Å². The Morgan fingerprint density at radius 3 is 2.77 bits per heavy atom. The lowest BCUT2D eigenvalue weighted by Crippen LogP contribution is -2.34. The molecule has 4 nitrogen and oxygen atoms in total. The molecule has 0 aromatic rings. The summed E-state index contributed by atoms with van der Waals surface area (Å²) in [6, 6.07) is 0.375. The van der Waals surface area contributed by atoms with Gasteiger partial charge in [0.1, 0.15) is 0 Å². The van der Waals surface area contributed by atoms with E-state index in [1.165, 1.54) is 0 Å². The van der Waals surface area contributed by atoms with Crippen LogP contribution in [0.15, 0.2) is 0 Å². The molecule has 0 rings (SSSR count). The van der Waals surface area contributed by atoms with E-state index in [9.17, 15) is 0 Å². The van der Waals surface area contributed by atoms with Crippen LogP contribution in [0, 0.1) is 0 Å². The molecule has 0 fully saturated rings. The topological polar surface area (TPSA) is 67.5 Å². The number of methoxy groups -OCH3 is 1. The van der Waals surface area contributed by atoms with Crippen molar-refractivity contribution < 1.29 is 9.84 Å². The Morgan fingerprint density at radius 2 is 2.23 bits per heavy atom. The summed E-state index contributed by atoms with van der Waals surface area (Å²) in [4.78, 5) is 0. The summed E-state index contributed by atoms with van der Waals surface area (Å²) in [6.45, 7) is 2.52. The summed E-state index contributed by atoms with van der Waals surface area (Å²) in [7, 11) is 1.70. The fraction of sp³-hybridized carbons (Fsp3) is 1.00. The number of ether oxygens (including phenoxy) is 1. The quantitative estimate of drug-likeness (QED) is 0.437. The van der Waals surface area contributed by atoms with Crippen LogP contribution in [0.25, 0.3) is 0 Å². The Hall–Kier alpha value is -0.160. The number of nitrogens with one attached hydrogen (secondary N) is 1. The molecular weight excluding hydrogens is 168 g/mol. The van der Waals surface area contributed by atoms with E-state index in [0.717, 1.165) is 32.4 Å². The van der Waals surface area contributed by atoms with Crippen LogP contribution in [0.3, 0.4) is 0 Å². The van der Waals surface area contributed by atoms with Crippen LogP contribution >= 0.6 is 0 Å².